The quantitative estimate of drug-likeness (QED) is 0.431. The van der Waals surface area contributed by atoms with Crippen molar-refractivity contribution in [2.45, 2.75) is 40.5 Å². The molecular formula is C14H22. The van der Waals surface area contributed by atoms with Crippen LogP contribution in [0.5, 0.6) is 0 Å². The van der Waals surface area contributed by atoms with Crippen molar-refractivity contribution in [3.05, 3.63) is 47.6 Å². The van der Waals surface area contributed by atoms with E-state index in [0.717, 1.165) is 12.8 Å². The first-order valence-electron chi connectivity index (χ1n) is 5.20. The average Bonchev–Trinajstić information content (AvgIpc) is 2.12. The van der Waals surface area contributed by atoms with Gasteiger partial charge in [0, 0.05) is 0 Å². The third-order valence-electron chi connectivity index (χ3n) is 2.19. The molecule has 0 saturated heterocycles. The summed E-state index contributed by atoms with van der Waals surface area (Å²) in [6.45, 7) is 12.2. The van der Waals surface area contributed by atoms with Crippen LogP contribution < -0.4 is 0 Å². The molecular weight excluding hydrogens is 168 g/mol. The summed E-state index contributed by atoms with van der Waals surface area (Å²) >= 11 is 0. The molecule has 0 spiro atoms. The minimum absolute atomic E-state index is 1.10. The lowest BCUT2D eigenvalue weighted by atomic mass is 10.1. The molecule has 0 atom stereocenters. The van der Waals surface area contributed by atoms with Crippen LogP contribution in [0, 0.1) is 0 Å². The van der Waals surface area contributed by atoms with Crippen LogP contribution in [0.25, 0.3) is 0 Å². The van der Waals surface area contributed by atoms with Crippen molar-refractivity contribution < 1.29 is 0 Å². The Labute approximate surface area is 88.7 Å². The van der Waals surface area contributed by atoms with Gasteiger partial charge in [-0.3, -0.25) is 0 Å². The molecule has 14 heavy (non-hydrogen) atoms. The zero-order valence-corrected chi connectivity index (χ0v) is 9.93. The predicted molar refractivity (Wildman–Crippen MR) is 66.4 cm³/mol. The highest BCUT2D eigenvalue weighted by Crippen LogP contribution is 2.08. The normalized spacial score (nSPS) is 13.7. The van der Waals surface area contributed by atoms with Gasteiger partial charge >= 0.3 is 0 Å². The maximum atomic E-state index is 3.90. The second-order valence-corrected chi connectivity index (χ2v) is 3.69. The van der Waals surface area contributed by atoms with Gasteiger partial charge < -0.3 is 0 Å². The molecule has 0 heterocycles. The van der Waals surface area contributed by atoms with E-state index in [-0.39, 0.29) is 0 Å². The molecule has 0 saturated carbocycles. The van der Waals surface area contributed by atoms with Crippen LogP contribution in [-0.2, 0) is 0 Å². The SMILES string of the molecule is C=C(C)C(C)=CCCC=C(C)C=CC. The van der Waals surface area contributed by atoms with Gasteiger partial charge in [-0.25, -0.2) is 0 Å². The summed E-state index contributed by atoms with van der Waals surface area (Å²) in [6, 6.07) is 0. The van der Waals surface area contributed by atoms with E-state index < -0.39 is 0 Å². The Balaban J connectivity index is 3.92. The summed E-state index contributed by atoms with van der Waals surface area (Å²) < 4.78 is 0. The average molecular weight is 190 g/mol. The summed E-state index contributed by atoms with van der Waals surface area (Å²) in [6.07, 6.45) is 10.9. The van der Waals surface area contributed by atoms with Crippen molar-refractivity contribution in [1.29, 1.82) is 0 Å². The first-order chi connectivity index (χ1) is 6.57. The fourth-order valence-corrected chi connectivity index (χ4v) is 1.12. The van der Waals surface area contributed by atoms with Gasteiger partial charge in [-0.15, -0.1) is 0 Å². The van der Waals surface area contributed by atoms with Crippen molar-refractivity contribution in [2.75, 3.05) is 0 Å². The van der Waals surface area contributed by atoms with Gasteiger partial charge in [-0.1, -0.05) is 47.6 Å². The predicted octanol–water partition coefficient (Wildman–Crippen LogP) is 4.81. The third kappa shape index (κ3) is 6.47. The lowest BCUT2D eigenvalue weighted by Crippen LogP contribution is -1.77. The van der Waals surface area contributed by atoms with Gasteiger partial charge in [0.25, 0.3) is 0 Å². The molecule has 0 aliphatic heterocycles. The molecule has 0 bridgehead atoms. The highest BCUT2D eigenvalue weighted by molar-refractivity contribution is 5.23. The zero-order chi connectivity index (χ0) is 11.0. The second kappa shape index (κ2) is 7.37. The van der Waals surface area contributed by atoms with Gasteiger partial charge in [0.05, 0.1) is 0 Å². The lowest BCUT2D eigenvalue weighted by Gasteiger charge is -1.97. The summed E-state index contributed by atoms with van der Waals surface area (Å²) in [5.41, 5.74) is 3.81. The largest absolute Gasteiger partial charge is 0.0959 e. The Kier molecular flexibility index (Phi) is 6.82. The van der Waals surface area contributed by atoms with Crippen molar-refractivity contribution in [3.8, 4) is 0 Å². The van der Waals surface area contributed by atoms with Gasteiger partial charge in [0.2, 0.25) is 0 Å². The summed E-state index contributed by atoms with van der Waals surface area (Å²) in [5, 5.41) is 0. The molecule has 0 aromatic heterocycles. The van der Waals surface area contributed by atoms with E-state index >= 15 is 0 Å². The molecule has 78 valence electrons. The number of unbranched alkanes of at least 4 members (excludes halogenated alkanes) is 1. The van der Waals surface area contributed by atoms with E-state index in [1.807, 2.05) is 13.8 Å². The standard InChI is InChI=1S/C14H22/c1-6-9-13(4)10-7-8-11-14(5)12(2)3/h6,9-11H,2,7-8H2,1,3-5H3. The molecule has 0 aromatic carbocycles. The van der Waals surface area contributed by atoms with E-state index in [2.05, 4.69) is 44.7 Å². The van der Waals surface area contributed by atoms with Gasteiger partial charge in [-0.05, 0) is 40.5 Å². The molecule has 0 aliphatic rings. The highest BCUT2D eigenvalue weighted by atomic mass is 13.9. The molecule has 0 unspecified atom stereocenters. The van der Waals surface area contributed by atoms with Crippen LogP contribution in [0.4, 0.5) is 0 Å². The summed E-state index contributed by atoms with van der Waals surface area (Å²) in [7, 11) is 0. The van der Waals surface area contributed by atoms with Crippen molar-refractivity contribution in [3.63, 3.8) is 0 Å². The molecule has 0 radical (unpaired) electrons. The van der Waals surface area contributed by atoms with E-state index in [4.69, 9.17) is 0 Å². The summed E-state index contributed by atoms with van der Waals surface area (Å²) in [4.78, 5) is 0. The monoisotopic (exact) mass is 190 g/mol. The minimum Gasteiger partial charge on any atom is -0.0959 e. The number of hydrogen-bond acceptors (Lipinski definition) is 0. The molecule has 0 amide bonds. The van der Waals surface area contributed by atoms with E-state index in [9.17, 15) is 0 Å². The van der Waals surface area contributed by atoms with Crippen molar-refractivity contribution in [1.82, 2.24) is 0 Å². The first kappa shape index (κ1) is 13.0. The Morgan fingerprint density at radius 1 is 1.07 bits per heavy atom. The van der Waals surface area contributed by atoms with Gasteiger partial charge in [0.15, 0.2) is 0 Å². The van der Waals surface area contributed by atoms with Crippen LogP contribution in [0.3, 0.4) is 0 Å². The third-order valence-corrected chi connectivity index (χ3v) is 2.19. The maximum Gasteiger partial charge on any atom is -0.0310 e. The van der Waals surface area contributed by atoms with Crippen LogP contribution in [0.1, 0.15) is 40.5 Å². The summed E-state index contributed by atoms with van der Waals surface area (Å²) in [5.74, 6) is 0. The molecule has 0 rings (SSSR count). The molecule has 0 heteroatoms. The fraction of sp³-hybridized carbons (Fsp3) is 0.429. The fourth-order valence-electron chi connectivity index (χ4n) is 1.12. The molecule has 0 aromatic rings. The number of hydrogen-bond donors (Lipinski definition) is 0. The molecule has 0 aliphatic carbocycles. The Hall–Kier alpha value is -1.04. The molecule has 0 fully saturated rings. The van der Waals surface area contributed by atoms with E-state index in [1.54, 1.807) is 0 Å². The van der Waals surface area contributed by atoms with Crippen LogP contribution in [0.2, 0.25) is 0 Å². The van der Waals surface area contributed by atoms with Gasteiger partial charge in [0.1, 0.15) is 0 Å². The highest BCUT2D eigenvalue weighted by Gasteiger charge is 1.88. The number of allylic oxidation sites excluding steroid dienone is 7. The molecule has 0 N–H and O–H groups in total. The zero-order valence-electron chi connectivity index (χ0n) is 9.93. The minimum atomic E-state index is 1.10. The van der Waals surface area contributed by atoms with E-state index in [0.29, 0.717) is 0 Å². The second-order valence-electron chi connectivity index (χ2n) is 3.69. The first-order valence-corrected chi connectivity index (χ1v) is 5.20. The van der Waals surface area contributed by atoms with Crippen LogP contribution in [0.15, 0.2) is 47.6 Å². The lowest BCUT2D eigenvalue weighted by molar-refractivity contribution is 1.03. The Morgan fingerprint density at radius 2 is 1.64 bits per heavy atom. The topological polar surface area (TPSA) is 0 Å². The molecule has 0 nitrogen and oxygen atoms in total. The maximum absolute atomic E-state index is 3.90. The smallest absolute Gasteiger partial charge is 0.0310 e. The van der Waals surface area contributed by atoms with Gasteiger partial charge in [-0.2, -0.15) is 0 Å². The van der Waals surface area contributed by atoms with Crippen molar-refractivity contribution >= 4 is 0 Å². The number of rotatable bonds is 5. The van der Waals surface area contributed by atoms with E-state index in [1.165, 1.54) is 16.7 Å². The Bertz CT molecular complexity index is 262. The Morgan fingerprint density at radius 3 is 2.14 bits per heavy atom. The van der Waals surface area contributed by atoms with Crippen LogP contribution >= 0.6 is 0 Å². The van der Waals surface area contributed by atoms with Crippen molar-refractivity contribution in [2.24, 2.45) is 0 Å². The van der Waals surface area contributed by atoms with Crippen LogP contribution in [-0.4, -0.2) is 0 Å².